The zero-order valence-corrected chi connectivity index (χ0v) is 13.5. The van der Waals surface area contributed by atoms with Crippen LogP contribution >= 0.6 is 0 Å². The average molecular weight is 330 g/mol. The SMILES string of the molecule is CC/C=C/[C@H]1CO[C@H](c2ccc(-c3ccc(F)c(F)c3)cc2)OC1. The lowest BCUT2D eigenvalue weighted by molar-refractivity contribution is -0.197. The predicted octanol–water partition coefficient (Wildman–Crippen LogP) is 5.26. The van der Waals surface area contributed by atoms with Crippen molar-refractivity contribution in [1.29, 1.82) is 0 Å². The Bertz CT molecular complexity index is 702. The minimum Gasteiger partial charge on any atom is -0.348 e. The summed E-state index contributed by atoms with van der Waals surface area (Å²) >= 11 is 0. The molecule has 0 amide bonds. The number of rotatable bonds is 4. The quantitative estimate of drug-likeness (QED) is 0.712. The molecule has 1 fully saturated rings. The second-order valence-corrected chi connectivity index (χ2v) is 5.85. The molecule has 1 heterocycles. The molecule has 0 unspecified atom stereocenters. The second kappa shape index (κ2) is 7.69. The van der Waals surface area contributed by atoms with Crippen LogP contribution in [0, 0.1) is 17.6 Å². The summed E-state index contributed by atoms with van der Waals surface area (Å²) in [7, 11) is 0. The molecule has 3 rings (SSSR count). The minimum atomic E-state index is -0.846. The normalized spacial score (nSPS) is 21.3. The molecule has 2 nitrogen and oxygen atoms in total. The number of allylic oxidation sites excluding steroid dienone is 1. The van der Waals surface area contributed by atoms with Gasteiger partial charge in [0.25, 0.3) is 0 Å². The summed E-state index contributed by atoms with van der Waals surface area (Å²) in [6, 6.07) is 11.4. The third-order valence-electron chi connectivity index (χ3n) is 4.00. The van der Waals surface area contributed by atoms with E-state index in [4.69, 9.17) is 9.47 Å². The monoisotopic (exact) mass is 330 g/mol. The van der Waals surface area contributed by atoms with Gasteiger partial charge in [0.1, 0.15) is 0 Å². The largest absolute Gasteiger partial charge is 0.348 e. The lowest BCUT2D eigenvalue weighted by atomic mass is 10.0. The molecule has 1 aliphatic heterocycles. The molecule has 1 aliphatic rings. The summed E-state index contributed by atoms with van der Waals surface area (Å²) in [6.45, 7) is 3.36. The molecule has 4 heteroatoms. The maximum atomic E-state index is 13.3. The summed E-state index contributed by atoms with van der Waals surface area (Å²) in [5.74, 6) is -1.39. The van der Waals surface area contributed by atoms with Crippen molar-refractivity contribution in [2.45, 2.75) is 19.6 Å². The van der Waals surface area contributed by atoms with Gasteiger partial charge in [0.2, 0.25) is 0 Å². The Hall–Kier alpha value is -2.04. The highest BCUT2D eigenvalue weighted by Crippen LogP contribution is 2.28. The van der Waals surface area contributed by atoms with E-state index in [-0.39, 0.29) is 6.29 Å². The molecule has 0 N–H and O–H groups in total. The second-order valence-electron chi connectivity index (χ2n) is 5.85. The molecule has 0 bridgehead atoms. The van der Waals surface area contributed by atoms with Gasteiger partial charge in [0, 0.05) is 11.5 Å². The predicted molar refractivity (Wildman–Crippen MR) is 89.4 cm³/mol. The number of hydrogen-bond donors (Lipinski definition) is 0. The highest BCUT2D eigenvalue weighted by atomic mass is 19.2. The van der Waals surface area contributed by atoms with Crippen LogP contribution in [-0.2, 0) is 9.47 Å². The van der Waals surface area contributed by atoms with Gasteiger partial charge >= 0.3 is 0 Å². The van der Waals surface area contributed by atoms with E-state index in [1.54, 1.807) is 6.07 Å². The lowest BCUT2D eigenvalue weighted by Gasteiger charge is -2.28. The highest BCUT2D eigenvalue weighted by Gasteiger charge is 2.21. The molecule has 0 atom stereocenters. The molecule has 0 aromatic heterocycles. The van der Waals surface area contributed by atoms with E-state index in [1.165, 1.54) is 6.07 Å². The fourth-order valence-electron chi connectivity index (χ4n) is 2.66. The van der Waals surface area contributed by atoms with E-state index < -0.39 is 11.6 Å². The van der Waals surface area contributed by atoms with Crippen LogP contribution in [-0.4, -0.2) is 13.2 Å². The highest BCUT2D eigenvalue weighted by molar-refractivity contribution is 5.63. The third-order valence-corrected chi connectivity index (χ3v) is 4.00. The van der Waals surface area contributed by atoms with Gasteiger partial charge in [-0.05, 0) is 29.7 Å². The Morgan fingerprint density at radius 2 is 1.62 bits per heavy atom. The van der Waals surface area contributed by atoms with Crippen molar-refractivity contribution in [3.05, 3.63) is 71.8 Å². The van der Waals surface area contributed by atoms with Crippen LogP contribution < -0.4 is 0 Å². The van der Waals surface area contributed by atoms with Crippen molar-refractivity contribution < 1.29 is 18.3 Å². The van der Waals surface area contributed by atoms with Gasteiger partial charge in [0.15, 0.2) is 17.9 Å². The van der Waals surface area contributed by atoms with Crippen LogP contribution in [0.3, 0.4) is 0 Å². The Labute approximate surface area is 140 Å². The molecular formula is C20H20F2O2. The van der Waals surface area contributed by atoms with Gasteiger partial charge in [-0.2, -0.15) is 0 Å². The van der Waals surface area contributed by atoms with Gasteiger partial charge in [0.05, 0.1) is 13.2 Å². The van der Waals surface area contributed by atoms with Crippen molar-refractivity contribution in [2.24, 2.45) is 5.92 Å². The van der Waals surface area contributed by atoms with E-state index in [1.807, 2.05) is 24.3 Å². The van der Waals surface area contributed by atoms with E-state index in [0.29, 0.717) is 24.7 Å². The van der Waals surface area contributed by atoms with E-state index in [9.17, 15) is 8.78 Å². The molecule has 126 valence electrons. The zero-order chi connectivity index (χ0) is 16.9. The summed E-state index contributed by atoms with van der Waals surface area (Å²) in [6.07, 6.45) is 4.87. The van der Waals surface area contributed by atoms with Crippen molar-refractivity contribution in [1.82, 2.24) is 0 Å². The minimum absolute atomic E-state index is 0.294. The molecule has 24 heavy (non-hydrogen) atoms. The number of ether oxygens (including phenoxy) is 2. The Morgan fingerprint density at radius 3 is 2.25 bits per heavy atom. The first kappa shape index (κ1) is 16.8. The number of halogens is 2. The third kappa shape index (κ3) is 3.89. The number of benzene rings is 2. The molecule has 1 saturated heterocycles. The lowest BCUT2D eigenvalue weighted by Crippen LogP contribution is -2.25. The molecule has 0 spiro atoms. The number of hydrogen-bond acceptors (Lipinski definition) is 2. The fourth-order valence-corrected chi connectivity index (χ4v) is 2.66. The molecule has 0 radical (unpaired) electrons. The van der Waals surface area contributed by atoms with Crippen LogP contribution in [0.1, 0.15) is 25.2 Å². The van der Waals surface area contributed by atoms with Crippen molar-refractivity contribution in [3.63, 3.8) is 0 Å². The fraction of sp³-hybridized carbons (Fsp3) is 0.300. The first-order valence-corrected chi connectivity index (χ1v) is 8.12. The van der Waals surface area contributed by atoms with E-state index in [2.05, 4.69) is 19.1 Å². The van der Waals surface area contributed by atoms with Crippen LogP contribution in [0.4, 0.5) is 8.78 Å². The van der Waals surface area contributed by atoms with Gasteiger partial charge in [-0.15, -0.1) is 0 Å². The van der Waals surface area contributed by atoms with Gasteiger partial charge in [-0.25, -0.2) is 8.78 Å². The maximum Gasteiger partial charge on any atom is 0.183 e. The van der Waals surface area contributed by atoms with Crippen molar-refractivity contribution in [3.8, 4) is 11.1 Å². The summed E-state index contributed by atoms with van der Waals surface area (Å²) in [5.41, 5.74) is 2.37. The van der Waals surface area contributed by atoms with E-state index in [0.717, 1.165) is 23.6 Å². The van der Waals surface area contributed by atoms with Crippen LogP contribution in [0.15, 0.2) is 54.6 Å². The Balaban J connectivity index is 1.67. The zero-order valence-electron chi connectivity index (χ0n) is 13.5. The summed E-state index contributed by atoms with van der Waals surface area (Å²) < 4.78 is 37.9. The standard InChI is InChI=1S/C20H20F2O2/c1-2-3-4-14-12-23-20(24-13-14)16-7-5-15(6-8-16)17-9-10-18(21)19(22)11-17/h3-11,14,20H,2,12-13H2,1H3/b4-3+/t14-,20-. The topological polar surface area (TPSA) is 18.5 Å². The summed E-state index contributed by atoms with van der Waals surface area (Å²) in [4.78, 5) is 0. The van der Waals surface area contributed by atoms with Crippen LogP contribution in [0.25, 0.3) is 11.1 Å². The molecule has 2 aromatic rings. The van der Waals surface area contributed by atoms with Crippen LogP contribution in [0.5, 0.6) is 0 Å². The molecular weight excluding hydrogens is 310 g/mol. The Morgan fingerprint density at radius 1 is 0.958 bits per heavy atom. The molecule has 0 saturated carbocycles. The van der Waals surface area contributed by atoms with Crippen molar-refractivity contribution in [2.75, 3.05) is 13.2 Å². The van der Waals surface area contributed by atoms with Crippen LogP contribution in [0.2, 0.25) is 0 Å². The van der Waals surface area contributed by atoms with Crippen molar-refractivity contribution >= 4 is 0 Å². The summed E-state index contributed by atoms with van der Waals surface area (Å²) in [5, 5.41) is 0. The first-order valence-electron chi connectivity index (χ1n) is 8.12. The van der Waals surface area contributed by atoms with Gasteiger partial charge in [-0.3, -0.25) is 0 Å². The maximum absolute atomic E-state index is 13.3. The molecule has 2 aromatic carbocycles. The van der Waals surface area contributed by atoms with E-state index >= 15 is 0 Å². The smallest absolute Gasteiger partial charge is 0.183 e. The Kier molecular flexibility index (Phi) is 5.38. The first-order chi connectivity index (χ1) is 11.7. The average Bonchev–Trinajstić information content (AvgIpc) is 2.63. The molecule has 0 aliphatic carbocycles. The van der Waals surface area contributed by atoms with Gasteiger partial charge < -0.3 is 9.47 Å². The van der Waals surface area contributed by atoms with Gasteiger partial charge in [-0.1, -0.05) is 49.4 Å².